The molecular formula is C27H25ClFNO4. The number of aliphatic carboxylic acids is 1. The standard InChI is InChI=1S/C27H25ClFNO4/c1-30(25(26(31)32)12-6-7-17-15-18(29)13-14-24(17)28)27(33)34-16-23-21-10-4-2-8-19(21)20-9-3-5-11-22(20)23/h2-5,8-11,13-15,23,25H,6-7,12,16H2,1H3,(H,31,32)/t25-/m0/s1. The average molecular weight is 482 g/mol. The van der Waals surface area contributed by atoms with E-state index in [1.165, 1.54) is 25.2 Å². The highest BCUT2D eigenvalue weighted by Gasteiger charge is 2.31. The van der Waals surface area contributed by atoms with Gasteiger partial charge in [0.1, 0.15) is 18.5 Å². The molecule has 0 aliphatic heterocycles. The molecule has 0 heterocycles. The van der Waals surface area contributed by atoms with Crippen LogP contribution in [0.3, 0.4) is 0 Å². The summed E-state index contributed by atoms with van der Waals surface area (Å²) in [5.74, 6) is -1.63. The molecule has 0 bridgehead atoms. The van der Waals surface area contributed by atoms with Crippen molar-refractivity contribution in [2.24, 2.45) is 0 Å². The number of halogens is 2. The Morgan fingerprint density at radius 3 is 2.29 bits per heavy atom. The molecule has 3 aromatic rings. The van der Waals surface area contributed by atoms with E-state index >= 15 is 0 Å². The molecule has 0 unspecified atom stereocenters. The van der Waals surface area contributed by atoms with E-state index < -0.39 is 23.9 Å². The minimum absolute atomic E-state index is 0.108. The fraction of sp³-hybridized carbons (Fsp3) is 0.259. The van der Waals surface area contributed by atoms with Crippen molar-refractivity contribution in [3.63, 3.8) is 0 Å². The first kappa shape index (κ1) is 23.8. The van der Waals surface area contributed by atoms with Gasteiger partial charge in [-0.15, -0.1) is 0 Å². The number of nitrogens with zero attached hydrogens (tertiary/aromatic N) is 1. The van der Waals surface area contributed by atoms with Gasteiger partial charge in [0.25, 0.3) is 0 Å². The van der Waals surface area contributed by atoms with Crippen LogP contribution in [0.4, 0.5) is 9.18 Å². The van der Waals surface area contributed by atoms with E-state index in [1.54, 1.807) is 0 Å². The van der Waals surface area contributed by atoms with Crippen molar-refractivity contribution in [1.29, 1.82) is 0 Å². The van der Waals surface area contributed by atoms with Crippen LogP contribution in [0.1, 0.15) is 35.4 Å². The van der Waals surface area contributed by atoms with Gasteiger partial charge in [-0.3, -0.25) is 4.90 Å². The lowest BCUT2D eigenvalue weighted by Crippen LogP contribution is -2.43. The maximum atomic E-state index is 13.5. The molecule has 3 aromatic carbocycles. The molecule has 0 fully saturated rings. The molecule has 1 aliphatic carbocycles. The lowest BCUT2D eigenvalue weighted by atomic mass is 9.98. The van der Waals surface area contributed by atoms with Gasteiger partial charge in [-0.25, -0.2) is 14.0 Å². The largest absolute Gasteiger partial charge is 0.480 e. The summed E-state index contributed by atoms with van der Waals surface area (Å²) >= 11 is 6.09. The van der Waals surface area contributed by atoms with Gasteiger partial charge < -0.3 is 9.84 Å². The number of amides is 1. The molecule has 4 rings (SSSR count). The molecule has 1 amide bonds. The zero-order chi connectivity index (χ0) is 24.2. The zero-order valence-electron chi connectivity index (χ0n) is 18.7. The Morgan fingerprint density at radius 2 is 1.68 bits per heavy atom. The van der Waals surface area contributed by atoms with Gasteiger partial charge in [0.2, 0.25) is 0 Å². The van der Waals surface area contributed by atoms with E-state index in [9.17, 15) is 19.1 Å². The van der Waals surface area contributed by atoms with Crippen molar-refractivity contribution >= 4 is 23.7 Å². The van der Waals surface area contributed by atoms with E-state index in [2.05, 4.69) is 0 Å². The van der Waals surface area contributed by atoms with Gasteiger partial charge in [0.05, 0.1) is 0 Å². The van der Waals surface area contributed by atoms with Gasteiger partial charge in [-0.05, 0) is 65.3 Å². The van der Waals surface area contributed by atoms with Crippen molar-refractivity contribution in [3.8, 4) is 11.1 Å². The number of hydrogen-bond donors (Lipinski definition) is 1. The second-order valence-corrected chi connectivity index (χ2v) is 8.80. The van der Waals surface area contributed by atoms with Gasteiger partial charge in [0.15, 0.2) is 0 Å². The molecule has 34 heavy (non-hydrogen) atoms. The van der Waals surface area contributed by atoms with Crippen molar-refractivity contribution in [2.75, 3.05) is 13.7 Å². The Morgan fingerprint density at radius 1 is 1.06 bits per heavy atom. The van der Waals surface area contributed by atoms with E-state index in [0.717, 1.165) is 27.2 Å². The Balaban J connectivity index is 1.39. The summed E-state index contributed by atoms with van der Waals surface area (Å²) in [4.78, 5) is 25.7. The van der Waals surface area contributed by atoms with Crippen molar-refractivity contribution in [1.82, 2.24) is 4.90 Å². The Bertz CT molecular complexity index is 1170. The monoisotopic (exact) mass is 481 g/mol. The Labute approximate surface area is 202 Å². The maximum Gasteiger partial charge on any atom is 0.410 e. The molecule has 0 radical (unpaired) electrons. The number of aryl methyl sites for hydroxylation is 1. The van der Waals surface area contributed by atoms with Gasteiger partial charge in [-0.1, -0.05) is 60.1 Å². The first-order chi connectivity index (χ1) is 16.4. The molecule has 0 aromatic heterocycles. The normalized spacial score (nSPS) is 13.1. The summed E-state index contributed by atoms with van der Waals surface area (Å²) in [5, 5.41) is 10.1. The van der Waals surface area contributed by atoms with Crippen LogP contribution in [0.2, 0.25) is 5.02 Å². The van der Waals surface area contributed by atoms with Crippen LogP contribution < -0.4 is 0 Å². The van der Waals surface area contributed by atoms with E-state index in [1.807, 2.05) is 48.5 Å². The van der Waals surface area contributed by atoms with Crippen LogP contribution in [0.15, 0.2) is 66.7 Å². The highest BCUT2D eigenvalue weighted by atomic mass is 35.5. The average Bonchev–Trinajstić information content (AvgIpc) is 3.15. The Hall–Kier alpha value is -3.38. The molecule has 0 spiro atoms. The van der Waals surface area contributed by atoms with E-state index in [4.69, 9.17) is 16.3 Å². The number of ether oxygens (including phenoxy) is 1. The number of carbonyl (C=O) groups is 2. The lowest BCUT2D eigenvalue weighted by Gasteiger charge is -2.25. The van der Waals surface area contributed by atoms with Crippen LogP contribution in [-0.2, 0) is 16.0 Å². The molecular weight excluding hydrogens is 457 g/mol. The molecule has 1 atom stereocenters. The molecule has 0 saturated heterocycles. The number of carboxylic acids is 1. The highest BCUT2D eigenvalue weighted by molar-refractivity contribution is 6.31. The van der Waals surface area contributed by atoms with Crippen LogP contribution in [0, 0.1) is 5.82 Å². The van der Waals surface area contributed by atoms with E-state index in [0.29, 0.717) is 23.4 Å². The maximum absolute atomic E-state index is 13.5. The fourth-order valence-corrected chi connectivity index (χ4v) is 4.74. The van der Waals surface area contributed by atoms with E-state index in [-0.39, 0.29) is 18.9 Å². The number of likely N-dealkylation sites (N-methyl/N-ethyl adjacent to an activating group) is 1. The summed E-state index contributed by atoms with van der Waals surface area (Å²) in [6, 6.07) is 19.0. The second kappa shape index (κ2) is 10.3. The summed E-state index contributed by atoms with van der Waals surface area (Å²) in [6.45, 7) is 0.114. The fourth-order valence-electron chi connectivity index (χ4n) is 4.53. The predicted molar refractivity (Wildman–Crippen MR) is 129 cm³/mol. The molecule has 176 valence electrons. The van der Waals surface area contributed by atoms with Crippen molar-refractivity contribution < 1.29 is 23.8 Å². The molecule has 7 heteroatoms. The van der Waals surface area contributed by atoms with Crippen molar-refractivity contribution in [2.45, 2.75) is 31.2 Å². The number of rotatable bonds is 8. The number of carboxylic acid groups (broad SMARTS) is 1. The lowest BCUT2D eigenvalue weighted by molar-refractivity contribution is -0.142. The first-order valence-corrected chi connectivity index (χ1v) is 11.5. The summed E-state index contributed by atoms with van der Waals surface area (Å²) in [5.41, 5.74) is 5.01. The minimum Gasteiger partial charge on any atom is -0.480 e. The van der Waals surface area contributed by atoms with Crippen LogP contribution in [-0.4, -0.2) is 41.8 Å². The minimum atomic E-state index is -1.12. The summed E-state index contributed by atoms with van der Waals surface area (Å²) < 4.78 is 19.1. The third-order valence-electron chi connectivity index (χ3n) is 6.31. The number of fused-ring (bicyclic) bond motifs is 3. The smallest absolute Gasteiger partial charge is 0.410 e. The number of carbonyl (C=O) groups excluding carboxylic acids is 1. The third kappa shape index (κ3) is 4.92. The zero-order valence-corrected chi connectivity index (χ0v) is 19.5. The number of hydrogen-bond acceptors (Lipinski definition) is 3. The third-order valence-corrected chi connectivity index (χ3v) is 6.68. The van der Waals surface area contributed by atoms with Crippen LogP contribution in [0.25, 0.3) is 11.1 Å². The topological polar surface area (TPSA) is 66.8 Å². The SMILES string of the molecule is CN(C(=O)OCC1c2ccccc2-c2ccccc21)[C@@H](CCCc1cc(F)ccc1Cl)C(=O)O. The van der Waals surface area contributed by atoms with Gasteiger partial charge in [0, 0.05) is 18.0 Å². The quantitative estimate of drug-likeness (QED) is 0.420. The van der Waals surface area contributed by atoms with Crippen LogP contribution >= 0.6 is 11.6 Å². The second-order valence-electron chi connectivity index (χ2n) is 8.40. The molecule has 1 N–H and O–H groups in total. The van der Waals surface area contributed by atoms with Gasteiger partial charge >= 0.3 is 12.1 Å². The highest BCUT2D eigenvalue weighted by Crippen LogP contribution is 2.44. The number of benzene rings is 3. The predicted octanol–water partition coefficient (Wildman–Crippen LogP) is 6.14. The summed E-state index contributed by atoms with van der Waals surface area (Å²) in [6.07, 6.45) is 0.307. The van der Waals surface area contributed by atoms with Gasteiger partial charge in [-0.2, -0.15) is 0 Å². The van der Waals surface area contributed by atoms with Crippen molar-refractivity contribution in [3.05, 3.63) is 94.3 Å². The first-order valence-electron chi connectivity index (χ1n) is 11.1. The molecule has 1 aliphatic rings. The Kier molecular flexibility index (Phi) is 7.17. The van der Waals surface area contributed by atoms with Crippen LogP contribution in [0.5, 0.6) is 0 Å². The molecule has 5 nitrogen and oxygen atoms in total. The summed E-state index contributed by atoms with van der Waals surface area (Å²) in [7, 11) is 1.42. The molecule has 0 saturated carbocycles.